The van der Waals surface area contributed by atoms with E-state index in [2.05, 4.69) is 16.0 Å². The van der Waals surface area contributed by atoms with Crippen LogP contribution < -0.4 is 21.7 Å². The third-order valence-electron chi connectivity index (χ3n) is 7.47. The molecule has 1 saturated heterocycles. The van der Waals surface area contributed by atoms with Crippen molar-refractivity contribution in [1.82, 2.24) is 16.0 Å². The highest BCUT2D eigenvalue weighted by molar-refractivity contribution is 5.93. The lowest BCUT2D eigenvalue weighted by atomic mass is 9.91. The van der Waals surface area contributed by atoms with Gasteiger partial charge in [0.25, 0.3) is 0 Å². The van der Waals surface area contributed by atoms with Crippen LogP contribution in [0.5, 0.6) is 0 Å². The van der Waals surface area contributed by atoms with Crippen molar-refractivity contribution in [2.75, 3.05) is 7.11 Å². The van der Waals surface area contributed by atoms with Crippen molar-refractivity contribution in [1.29, 1.82) is 0 Å². The highest BCUT2D eigenvalue weighted by atomic mass is 16.5. The molecule has 0 unspecified atom stereocenters. The molecule has 4 atom stereocenters. The van der Waals surface area contributed by atoms with E-state index in [0.29, 0.717) is 25.2 Å². The van der Waals surface area contributed by atoms with Gasteiger partial charge in [-0.15, -0.1) is 0 Å². The van der Waals surface area contributed by atoms with E-state index in [0.717, 1.165) is 29.2 Å². The number of hydrogen-bond donors (Lipinski definition) is 4. The van der Waals surface area contributed by atoms with Gasteiger partial charge in [-0.05, 0) is 61.8 Å². The van der Waals surface area contributed by atoms with Crippen LogP contribution in [0.2, 0.25) is 0 Å². The summed E-state index contributed by atoms with van der Waals surface area (Å²) in [5.74, 6) is -1.78. The topological polar surface area (TPSA) is 140 Å². The Labute approximate surface area is 223 Å². The zero-order valence-corrected chi connectivity index (χ0v) is 22.3. The molecule has 2 aromatic rings. The van der Waals surface area contributed by atoms with Gasteiger partial charge in [0.15, 0.2) is 0 Å². The maximum absolute atomic E-state index is 13.3. The van der Waals surface area contributed by atoms with E-state index in [9.17, 15) is 19.2 Å². The second-order valence-corrected chi connectivity index (χ2v) is 11.3. The van der Waals surface area contributed by atoms with Gasteiger partial charge in [0, 0.05) is 11.5 Å². The number of carbonyl (C=O) groups excluding carboxylic acids is 4. The van der Waals surface area contributed by atoms with Crippen LogP contribution in [0.25, 0.3) is 10.8 Å². The van der Waals surface area contributed by atoms with E-state index in [1.807, 2.05) is 56.3 Å². The lowest BCUT2D eigenvalue weighted by Gasteiger charge is -2.24. The molecular formula is C29H38N4O5. The molecule has 0 aromatic heterocycles. The smallest absolute Gasteiger partial charge is 0.328 e. The van der Waals surface area contributed by atoms with Gasteiger partial charge in [-0.25, -0.2) is 4.79 Å². The zero-order chi connectivity index (χ0) is 27.4. The van der Waals surface area contributed by atoms with E-state index in [1.165, 1.54) is 7.11 Å². The minimum absolute atomic E-state index is 0.123. The Hall–Kier alpha value is -3.46. The van der Waals surface area contributed by atoms with Crippen molar-refractivity contribution in [3.63, 3.8) is 0 Å². The highest BCUT2D eigenvalue weighted by Crippen LogP contribution is 2.34. The monoisotopic (exact) mass is 522 g/mol. The average molecular weight is 523 g/mol. The number of amides is 3. The number of esters is 1. The predicted molar refractivity (Wildman–Crippen MR) is 144 cm³/mol. The number of hydrogen-bond acceptors (Lipinski definition) is 6. The molecule has 2 aliphatic rings. The Morgan fingerprint density at radius 3 is 2.37 bits per heavy atom. The van der Waals surface area contributed by atoms with E-state index < -0.39 is 41.8 Å². The first-order chi connectivity index (χ1) is 18.1. The fourth-order valence-electron chi connectivity index (χ4n) is 5.30. The van der Waals surface area contributed by atoms with Crippen LogP contribution in [0.15, 0.2) is 42.5 Å². The lowest BCUT2D eigenvalue weighted by molar-refractivity contribution is -0.146. The molecule has 2 fully saturated rings. The van der Waals surface area contributed by atoms with Crippen LogP contribution in [-0.2, 0) is 30.3 Å². The SMILES string of the molecule is COC(=O)[C@H](C[C@@H]1CC(C)(C)NC1=O)NC(=O)[C@H](CC1CC1)NC(=O)[C@@H](N)Cc1cccc2ccccc12. The maximum atomic E-state index is 13.3. The lowest BCUT2D eigenvalue weighted by Crippen LogP contribution is -2.55. The van der Waals surface area contributed by atoms with Gasteiger partial charge >= 0.3 is 5.97 Å². The zero-order valence-electron chi connectivity index (χ0n) is 22.3. The van der Waals surface area contributed by atoms with E-state index >= 15 is 0 Å². The molecule has 4 rings (SSSR count). The van der Waals surface area contributed by atoms with Crippen molar-refractivity contribution in [3.05, 3.63) is 48.0 Å². The summed E-state index contributed by atoms with van der Waals surface area (Å²) in [5, 5.41) is 10.6. The van der Waals surface area contributed by atoms with Crippen molar-refractivity contribution in [2.24, 2.45) is 17.6 Å². The number of methoxy groups -OCH3 is 1. The minimum Gasteiger partial charge on any atom is -0.467 e. The normalized spacial score (nSPS) is 20.7. The van der Waals surface area contributed by atoms with Gasteiger partial charge in [0.05, 0.1) is 13.2 Å². The third-order valence-corrected chi connectivity index (χ3v) is 7.47. The van der Waals surface area contributed by atoms with Crippen LogP contribution in [-0.4, -0.2) is 54.5 Å². The summed E-state index contributed by atoms with van der Waals surface area (Å²) in [6.45, 7) is 3.83. The summed E-state index contributed by atoms with van der Waals surface area (Å²) in [7, 11) is 1.25. The molecule has 1 aliphatic carbocycles. The largest absolute Gasteiger partial charge is 0.467 e. The molecule has 2 aromatic carbocycles. The second kappa shape index (κ2) is 11.5. The molecule has 5 N–H and O–H groups in total. The van der Waals surface area contributed by atoms with Crippen LogP contribution in [0.1, 0.15) is 51.5 Å². The summed E-state index contributed by atoms with van der Waals surface area (Å²) in [5.41, 5.74) is 6.87. The summed E-state index contributed by atoms with van der Waals surface area (Å²) in [6.07, 6.45) is 3.42. The molecule has 9 nitrogen and oxygen atoms in total. The minimum atomic E-state index is -1.000. The van der Waals surface area contributed by atoms with Crippen LogP contribution in [0.4, 0.5) is 0 Å². The molecule has 9 heteroatoms. The average Bonchev–Trinajstić information content (AvgIpc) is 3.66. The molecule has 38 heavy (non-hydrogen) atoms. The van der Waals surface area contributed by atoms with Gasteiger partial charge in [-0.1, -0.05) is 55.3 Å². The summed E-state index contributed by atoms with van der Waals surface area (Å²) in [6, 6.07) is 11.1. The van der Waals surface area contributed by atoms with E-state index in [1.54, 1.807) is 0 Å². The first kappa shape index (κ1) is 27.6. The molecule has 1 saturated carbocycles. The van der Waals surface area contributed by atoms with Crippen LogP contribution >= 0.6 is 0 Å². The van der Waals surface area contributed by atoms with Gasteiger partial charge in [-0.3, -0.25) is 14.4 Å². The molecule has 0 bridgehead atoms. The first-order valence-electron chi connectivity index (χ1n) is 13.3. The van der Waals surface area contributed by atoms with Crippen LogP contribution in [0.3, 0.4) is 0 Å². The standard InChI is InChI=1S/C29H38N4O5/c1-29(2)16-20(25(34)33-29)15-24(28(37)38-3)32-27(36)23(13-17-11-12-17)31-26(35)22(30)14-19-9-6-8-18-7-4-5-10-21(18)19/h4-10,17,20,22-24H,11-16,30H2,1-3H3,(H,31,35)(H,32,36)(H,33,34)/t20-,22+,23+,24+/m1/s1. The second-order valence-electron chi connectivity index (χ2n) is 11.3. The maximum Gasteiger partial charge on any atom is 0.328 e. The fourth-order valence-corrected chi connectivity index (χ4v) is 5.30. The third kappa shape index (κ3) is 6.89. The molecule has 1 aliphatic heterocycles. The highest BCUT2D eigenvalue weighted by Gasteiger charge is 2.41. The van der Waals surface area contributed by atoms with Gasteiger partial charge < -0.3 is 26.4 Å². The Balaban J connectivity index is 1.42. The Morgan fingerprint density at radius 2 is 1.71 bits per heavy atom. The van der Waals surface area contributed by atoms with Gasteiger partial charge in [-0.2, -0.15) is 0 Å². The Morgan fingerprint density at radius 1 is 1.03 bits per heavy atom. The van der Waals surface area contributed by atoms with Crippen LogP contribution in [0, 0.1) is 11.8 Å². The molecule has 1 heterocycles. The number of nitrogens with one attached hydrogen (secondary N) is 3. The molecule has 3 amide bonds. The van der Waals surface area contributed by atoms with Crippen molar-refractivity contribution in [2.45, 2.75) is 76.0 Å². The van der Waals surface area contributed by atoms with Gasteiger partial charge in [0.2, 0.25) is 17.7 Å². The molecular weight excluding hydrogens is 484 g/mol. The quantitative estimate of drug-likeness (QED) is 0.333. The Bertz CT molecular complexity index is 1200. The van der Waals surface area contributed by atoms with Crippen molar-refractivity contribution >= 4 is 34.5 Å². The molecule has 204 valence electrons. The van der Waals surface area contributed by atoms with Crippen molar-refractivity contribution < 1.29 is 23.9 Å². The molecule has 0 spiro atoms. The number of rotatable bonds is 11. The van der Waals surface area contributed by atoms with E-state index in [4.69, 9.17) is 10.5 Å². The number of ether oxygens (including phenoxy) is 1. The number of fused-ring (bicyclic) bond motifs is 1. The predicted octanol–water partition coefficient (Wildman–Crippen LogP) is 1.96. The Kier molecular flexibility index (Phi) is 8.35. The summed E-state index contributed by atoms with van der Waals surface area (Å²) < 4.78 is 4.91. The van der Waals surface area contributed by atoms with Crippen molar-refractivity contribution in [3.8, 4) is 0 Å². The molecule has 0 radical (unpaired) electrons. The van der Waals surface area contributed by atoms with Gasteiger partial charge in [0.1, 0.15) is 12.1 Å². The number of nitrogens with two attached hydrogens (primary N) is 1. The fraction of sp³-hybridized carbons (Fsp3) is 0.517. The van der Waals surface area contributed by atoms with E-state index in [-0.39, 0.29) is 17.9 Å². The summed E-state index contributed by atoms with van der Waals surface area (Å²) >= 11 is 0. The number of benzene rings is 2. The summed E-state index contributed by atoms with van der Waals surface area (Å²) in [4.78, 5) is 51.4. The first-order valence-corrected chi connectivity index (χ1v) is 13.3. The number of carbonyl (C=O) groups is 4.